The van der Waals surface area contributed by atoms with E-state index in [1.807, 2.05) is 0 Å². The van der Waals surface area contributed by atoms with Crippen molar-refractivity contribution in [3.8, 4) is 0 Å². The predicted molar refractivity (Wildman–Crippen MR) is 52.2 cm³/mol. The van der Waals surface area contributed by atoms with Crippen LogP contribution in [0.25, 0.3) is 0 Å². The second-order valence-electron chi connectivity index (χ2n) is 2.91. The Morgan fingerprint density at radius 1 is 1.33 bits per heavy atom. The largest absolute Gasteiger partial charge is 0.0829 e. The minimum absolute atomic E-state index is 0.851. The van der Waals surface area contributed by atoms with Crippen LogP contribution in [0.1, 0.15) is 40.0 Å². The van der Waals surface area contributed by atoms with E-state index in [-0.39, 0.29) is 0 Å². The minimum atomic E-state index is 0.851. The summed E-state index contributed by atoms with van der Waals surface area (Å²) in [7, 11) is 0. The molecule has 0 aliphatic rings. The van der Waals surface area contributed by atoms with Crippen molar-refractivity contribution < 1.29 is 0 Å². The highest BCUT2D eigenvalue weighted by Gasteiger charge is 2.03. The second-order valence-corrected chi connectivity index (χ2v) is 5.04. The molecule has 0 amide bonds. The highest BCUT2D eigenvalue weighted by Crippen LogP contribution is 2.16. The normalized spacial score (nSPS) is 17.3. The van der Waals surface area contributed by atoms with Crippen molar-refractivity contribution in [1.29, 1.82) is 0 Å². The Bertz CT molecular complexity index is 59.6. The fourth-order valence-electron chi connectivity index (χ4n) is 1.17. The molecule has 2 atom stereocenters. The van der Waals surface area contributed by atoms with Crippen LogP contribution in [0.15, 0.2) is 0 Å². The molecule has 0 aromatic rings. The van der Waals surface area contributed by atoms with Gasteiger partial charge in [0.25, 0.3) is 0 Å². The summed E-state index contributed by atoms with van der Waals surface area (Å²) >= 11 is 2.50. The van der Waals surface area contributed by atoms with E-state index in [1.54, 1.807) is 0 Å². The van der Waals surface area contributed by atoms with E-state index in [1.165, 1.54) is 19.3 Å². The van der Waals surface area contributed by atoms with Crippen molar-refractivity contribution in [2.75, 3.05) is 0 Å². The van der Waals surface area contributed by atoms with Gasteiger partial charge in [-0.3, -0.25) is 0 Å². The van der Waals surface area contributed by atoms with Crippen LogP contribution in [-0.2, 0) is 0 Å². The molecule has 0 radical (unpaired) electrons. The van der Waals surface area contributed by atoms with E-state index in [0.29, 0.717) is 0 Å². The maximum Gasteiger partial charge on any atom is 0.00838 e. The van der Waals surface area contributed by atoms with Crippen LogP contribution in [-0.4, -0.2) is 3.92 Å². The van der Waals surface area contributed by atoms with Gasteiger partial charge in [-0.1, -0.05) is 56.2 Å². The third kappa shape index (κ3) is 6.62. The molecule has 0 nitrogen and oxygen atoms in total. The maximum atomic E-state index is 2.50. The first-order chi connectivity index (χ1) is 4.16. The topological polar surface area (TPSA) is 0 Å². The molecule has 0 aliphatic heterocycles. The SMILES string of the molecule is CCCC(C)CC(C)I. The summed E-state index contributed by atoms with van der Waals surface area (Å²) in [5.41, 5.74) is 0. The maximum absolute atomic E-state index is 2.50. The van der Waals surface area contributed by atoms with Crippen molar-refractivity contribution in [2.45, 2.75) is 44.0 Å². The number of rotatable bonds is 4. The summed E-state index contributed by atoms with van der Waals surface area (Å²) < 4.78 is 0.851. The molecular formula is C8H17I. The van der Waals surface area contributed by atoms with Crippen molar-refractivity contribution in [1.82, 2.24) is 0 Å². The first-order valence-electron chi connectivity index (χ1n) is 3.80. The zero-order chi connectivity index (χ0) is 7.28. The summed E-state index contributed by atoms with van der Waals surface area (Å²) in [5, 5.41) is 0. The van der Waals surface area contributed by atoms with Crippen molar-refractivity contribution >= 4 is 22.6 Å². The zero-order valence-electron chi connectivity index (χ0n) is 6.65. The van der Waals surface area contributed by atoms with Crippen molar-refractivity contribution in [3.05, 3.63) is 0 Å². The Morgan fingerprint density at radius 3 is 2.22 bits per heavy atom. The van der Waals surface area contributed by atoms with Gasteiger partial charge in [0.1, 0.15) is 0 Å². The van der Waals surface area contributed by atoms with E-state index < -0.39 is 0 Å². The fourth-order valence-corrected chi connectivity index (χ4v) is 2.03. The Kier molecular flexibility index (Phi) is 5.96. The molecule has 0 aliphatic carbocycles. The van der Waals surface area contributed by atoms with E-state index in [0.717, 1.165) is 9.84 Å². The lowest BCUT2D eigenvalue weighted by Crippen LogP contribution is -2.00. The van der Waals surface area contributed by atoms with E-state index >= 15 is 0 Å². The van der Waals surface area contributed by atoms with Crippen LogP contribution in [0.5, 0.6) is 0 Å². The monoisotopic (exact) mass is 240 g/mol. The molecule has 0 spiro atoms. The fraction of sp³-hybridized carbons (Fsp3) is 1.00. The summed E-state index contributed by atoms with van der Waals surface area (Å²) in [6.07, 6.45) is 4.12. The lowest BCUT2D eigenvalue weighted by atomic mass is 10.0. The van der Waals surface area contributed by atoms with Gasteiger partial charge in [-0.15, -0.1) is 0 Å². The van der Waals surface area contributed by atoms with Gasteiger partial charge in [-0.2, -0.15) is 0 Å². The Hall–Kier alpha value is 0.730. The van der Waals surface area contributed by atoms with Gasteiger partial charge in [0.05, 0.1) is 0 Å². The average Bonchev–Trinajstić information content (AvgIpc) is 1.63. The van der Waals surface area contributed by atoms with E-state index in [4.69, 9.17) is 0 Å². The molecule has 1 heteroatoms. The molecule has 0 heterocycles. The molecular weight excluding hydrogens is 223 g/mol. The molecule has 9 heavy (non-hydrogen) atoms. The lowest BCUT2D eigenvalue weighted by Gasteiger charge is -2.10. The summed E-state index contributed by atoms with van der Waals surface area (Å²) in [5.74, 6) is 0.932. The molecule has 2 unspecified atom stereocenters. The standard InChI is InChI=1S/C8H17I/c1-4-5-7(2)6-8(3)9/h7-8H,4-6H2,1-3H3. The van der Waals surface area contributed by atoms with Crippen LogP contribution < -0.4 is 0 Å². The van der Waals surface area contributed by atoms with Gasteiger partial charge in [0.15, 0.2) is 0 Å². The molecule has 0 aromatic carbocycles. The third-order valence-corrected chi connectivity index (χ3v) is 2.02. The van der Waals surface area contributed by atoms with Crippen molar-refractivity contribution in [3.63, 3.8) is 0 Å². The summed E-state index contributed by atoms with van der Waals surface area (Å²) in [6, 6.07) is 0. The molecule has 56 valence electrons. The molecule has 0 rings (SSSR count). The zero-order valence-corrected chi connectivity index (χ0v) is 8.81. The first kappa shape index (κ1) is 9.73. The minimum Gasteiger partial charge on any atom is -0.0829 e. The van der Waals surface area contributed by atoms with Crippen molar-refractivity contribution in [2.24, 2.45) is 5.92 Å². The van der Waals surface area contributed by atoms with Crippen LogP contribution >= 0.6 is 22.6 Å². The van der Waals surface area contributed by atoms with Crippen LogP contribution in [0, 0.1) is 5.92 Å². The summed E-state index contributed by atoms with van der Waals surface area (Å²) in [6.45, 7) is 6.89. The quantitative estimate of drug-likeness (QED) is 0.520. The third-order valence-electron chi connectivity index (χ3n) is 1.51. The number of hydrogen-bond acceptors (Lipinski definition) is 0. The Morgan fingerprint density at radius 2 is 1.89 bits per heavy atom. The van der Waals surface area contributed by atoms with Gasteiger partial charge < -0.3 is 0 Å². The Labute approximate surface area is 72.6 Å². The molecule has 0 aromatic heterocycles. The number of hydrogen-bond donors (Lipinski definition) is 0. The van der Waals surface area contributed by atoms with Crippen LogP contribution in [0.4, 0.5) is 0 Å². The van der Waals surface area contributed by atoms with E-state index in [2.05, 4.69) is 43.4 Å². The van der Waals surface area contributed by atoms with Gasteiger partial charge in [-0.25, -0.2) is 0 Å². The number of halogens is 1. The lowest BCUT2D eigenvalue weighted by molar-refractivity contribution is 0.491. The second kappa shape index (κ2) is 5.51. The first-order valence-corrected chi connectivity index (χ1v) is 5.05. The van der Waals surface area contributed by atoms with Crippen LogP contribution in [0.3, 0.4) is 0 Å². The number of alkyl halides is 1. The van der Waals surface area contributed by atoms with Gasteiger partial charge >= 0.3 is 0 Å². The Balaban J connectivity index is 3.15. The highest BCUT2D eigenvalue weighted by atomic mass is 127. The summed E-state index contributed by atoms with van der Waals surface area (Å²) in [4.78, 5) is 0. The average molecular weight is 240 g/mol. The van der Waals surface area contributed by atoms with Crippen LogP contribution in [0.2, 0.25) is 0 Å². The molecule has 0 N–H and O–H groups in total. The molecule has 0 fully saturated rings. The van der Waals surface area contributed by atoms with Gasteiger partial charge in [0, 0.05) is 3.92 Å². The molecule has 0 saturated carbocycles. The highest BCUT2D eigenvalue weighted by molar-refractivity contribution is 14.1. The smallest absolute Gasteiger partial charge is 0.00838 e. The molecule has 0 saturated heterocycles. The molecule has 0 bridgehead atoms. The van der Waals surface area contributed by atoms with E-state index in [9.17, 15) is 0 Å². The predicted octanol–water partition coefficient (Wildman–Crippen LogP) is 3.64. The van der Waals surface area contributed by atoms with Gasteiger partial charge in [0.2, 0.25) is 0 Å². The van der Waals surface area contributed by atoms with Gasteiger partial charge in [-0.05, 0) is 12.3 Å².